The van der Waals surface area contributed by atoms with Crippen LogP contribution in [0, 0.1) is 0 Å². The standard InChI is InChI=1S/C17H16F3N3O2S/c18-17(19,20)16-12-10-25-8-6-13(12)22-14(23-16)5-7-21-15(24)4-3-11-2-1-9-26-11/h1-4,9H,5-8,10H2,(H,21,24). The molecule has 2 aromatic heterocycles. The van der Waals surface area contributed by atoms with Gasteiger partial charge in [0, 0.05) is 35.9 Å². The van der Waals surface area contributed by atoms with Crippen molar-refractivity contribution < 1.29 is 22.7 Å². The van der Waals surface area contributed by atoms with Crippen molar-refractivity contribution in [1.82, 2.24) is 15.3 Å². The third-order valence-corrected chi connectivity index (χ3v) is 4.56. The molecule has 0 saturated carbocycles. The summed E-state index contributed by atoms with van der Waals surface area (Å²) in [5, 5.41) is 4.52. The first-order valence-corrected chi connectivity index (χ1v) is 8.84. The van der Waals surface area contributed by atoms with Gasteiger partial charge in [-0.2, -0.15) is 13.2 Å². The average Bonchev–Trinajstić information content (AvgIpc) is 3.12. The zero-order valence-corrected chi connectivity index (χ0v) is 14.5. The van der Waals surface area contributed by atoms with Crippen LogP contribution in [0.2, 0.25) is 0 Å². The van der Waals surface area contributed by atoms with Gasteiger partial charge >= 0.3 is 6.18 Å². The quantitative estimate of drug-likeness (QED) is 0.807. The summed E-state index contributed by atoms with van der Waals surface area (Å²) in [7, 11) is 0. The highest BCUT2D eigenvalue weighted by atomic mass is 32.1. The van der Waals surface area contributed by atoms with Crippen molar-refractivity contribution in [2.24, 2.45) is 0 Å². The van der Waals surface area contributed by atoms with Gasteiger partial charge in [-0.3, -0.25) is 4.79 Å². The number of fused-ring (bicyclic) bond motifs is 1. The molecule has 0 atom stereocenters. The Kier molecular flexibility index (Phi) is 5.67. The molecule has 1 amide bonds. The fourth-order valence-electron chi connectivity index (χ4n) is 2.53. The minimum absolute atomic E-state index is 0.00965. The fourth-order valence-corrected chi connectivity index (χ4v) is 3.15. The zero-order valence-electron chi connectivity index (χ0n) is 13.7. The Balaban J connectivity index is 1.63. The first-order chi connectivity index (χ1) is 12.4. The van der Waals surface area contributed by atoms with Crippen LogP contribution in [0.25, 0.3) is 6.08 Å². The highest BCUT2D eigenvalue weighted by molar-refractivity contribution is 7.10. The Hall–Kier alpha value is -2.26. The third-order valence-electron chi connectivity index (χ3n) is 3.73. The second-order valence-corrected chi connectivity index (χ2v) is 6.58. The van der Waals surface area contributed by atoms with E-state index < -0.39 is 11.9 Å². The van der Waals surface area contributed by atoms with Crippen LogP contribution in [0.15, 0.2) is 23.6 Å². The van der Waals surface area contributed by atoms with Gasteiger partial charge in [-0.25, -0.2) is 9.97 Å². The van der Waals surface area contributed by atoms with Crippen molar-refractivity contribution in [2.75, 3.05) is 13.2 Å². The van der Waals surface area contributed by atoms with E-state index >= 15 is 0 Å². The monoisotopic (exact) mass is 383 g/mol. The highest BCUT2D eigenvalue weighted by Gasteiger charge is 2.38. The maximum Gasteiger partial charge on any atom is 0.433 e. The van der Waals surface area contributed by atoms with Crippen LogP contribution in [-0.2, 0) is 35.2 Å². The summed E-state index contributed by atoms with van der Waals surface area (Å²) in [6, 6.07) is 3.75. The second kappa shape index (κ2) is 7.96. The number of aromatic nitrogens is 2. The molecule has 138 valence electrons. The third kappa shape index (κ3) is 4.67. The van der Waals surface area contributed by atoms with Gasteiger partial charge in [-0.05, 0) is 17.5 Å². The van der Waals surface area contributed by atoms with Gasteiger partial charge in [0.1, 0.15) is 5.82 Å². The molecule has 26 heavy (non-hydrogen) atoms. The molecule has 1 aliphatic heterocycles. The lowest BCUT2D eigenvalue weighted by Gasteiger charge is -2.20. The Morgan fingerprint density at radius 1 is 1.38 bits per heavy atom. The number of halogens is 3. The van der Waals surface area contributed by atoms with Gasteiger partial charge in [0.15, 0.2) is 5.69 Å². The molecule has 0 bridgehead atoms. The van der Waals surface area contributed by atoms with E-state index in [2.05, 4.69) is 15.3 Å². The number of nitrogens with one attached hydrogen (secondary N) is 1. The van der Waals surface area contributed by atoms with Crippen molar-refractivity contribution in [1.29, 1.82) is 0 Å². The van der Waals surface area contributed by atoms with Gasteiger partial charge < -0.3 is 10.1 Å². The summed E-state index contributed by atoms with van der Waals surface area (Å²) < 4.78 is 44.8. The lowest BCUT2D eigenvalue weighted by molar-refractivity contribution is -0.143. The van der Waals surface area contributed by atoms with E-state index in [9.17, 15) is 18.0 Å². The van der Waals surface area contributed by atoms with E-state index in [0.29, 0.717) is 18.7 Å². The highest BCUT2D eigenvalue weighted by Crippen LogP contribution is 2.33. The fraction of sp³-hybridized carbons (Fsp3) is 0.353. The van der Waals surface area contributed by atoms with Crippen molar-refractivity contribution in [2.45, 2.75) is 25.6 Å². The second-order valence-electron chi connectivity index (χ2n) is 5.60. The van der Waals surface area contributed by atoms with Crippen LogP contribution in [0.4, 0.5) is 13.2 Å². The molecule has 0 saturated heterocycles. The summed E-state index contributed by atoms with van der Waals surface area (Å²) in [5.74, 6) is -0.249. The molecule has 0 spiro atoms. The maximum atomic E-state index is 13.2. The molecule has 0 aromatic carbocycles. The van der Waals surface area contributed by atoms with Crippen LogP contribution >= 0.6 is 11.3 Å². The molecule has 3 rings (SSSR count). The number of amides is 1. The largest absolute Gasteiger partial charge is 0.433 e. The molecule has 1 aliphatic rings. The number of nitrogens with zero attached hydrogens (tertiary/aromatic N) is 2. The Labute approximate surface area is 151 Å². The maximum absolute atomic E-state index is 13.2. The number of alkyl halides is 3. The smallest absolute Gasteiger partial charge is 0.376 e. The molecule has 2 aromatic rings. The summed E-state index contributed by atoms with van der Waals surface area (Å²) >= 11 is 1.50. The molecule has 0 aliphatic carbocycles. The van der Waals surface area contributed by atoms with E-state index in [1.54, 1.807) is 6.08 Å². The molecule has 0 fully saturated rings. The van der Waals surface area contributed by atoms with Gasteiger partial charge in [-0.1, -0.05) is 6.07 Å². The molecule has 9 heteroatoms. The first-order valence-electron chi connectivity index (χ1n) is 7.96. The zero-order chi connectivity index (χ0) is 18.6. The Morgan fingerprint density at radius 3 is 2.96 bits per heavy atom. The van der Waals surface area contributed by atoms with Crippen LogP contribution in [0.3, 0.4) is 0 Å². The number of carbonyl (C=O) groups excluding carboxylic acids is 1. The molecular weight excluding hydrogens is 367 g/mol. The van der Waals surface area contributed by atoms with E-state index in [-0.39, 0.29) is 36.9 Å². The van der Waals surface area contributed by atoms with E-state index in [1.165, 1.54) is 17.4 Å². The van der Waals surface area contributed by atoms with Crippen molar-refractivity contribution >= 4 is 23.3 Å². The predicted octanol–water partition coefficient (Wildman–Crippen LogP) is 3.00. The van der Waals surface area contributed by atoms with E-state index in [1.807, 2.05) is 17.5 Å². The van der Waals surface area contributed by atoms with Crippen LogP contribution in [0.5, 0.6) is 0 Å². The average molecular weight is 383 g/mol. The number of thiophene rings is 1. The van der Waals surface area contributed by atoms with Crippen LogP contribution < -0.4 is 5.32 Å². The SMILES string of the molecule is O=C(C=Cc1cccs1)NCCc1nc2c(c(C(F)(F)F)n1)COCC2. The van der Waals surface area contributed by atoms with Crippen molar-refractivity contribution in [3.63, 3.8) is 0 Å². The minimum Gasteiger partial charge on any atom is -0.376 e. The number of hydrogen-bond acceptors (Lipinski definition) is 5. The van der Waals surface area contributed by atoms with Gasteiger partial charge in [0.25, 0.3) is 0 Å². The van der Waals surface area contributed by atoms with Gasteiger partial charge in [0.05, 0.1) is 18.9 Å². The Bertz CT molecular complexity index is 804. The molecule has 0 radical (unpaired) electrons. The van der Waals surface area contributed by atoms with Gasteiger partial charge in [0.2, 0.25) is 5.91 Å². The first kappa shape index (κ1) is 18.5. The van der Waals surface area contributed by atoms with E-state index in [4.69, 9.17) is 4.74 Å². The normalized spacial score (nSPS) is 14.4. The summed E-state index contributed by atoms with van der Waals surface area (Å²) in [4.78, 5) is 20.6. The lowest BCUT2D eigenvalue weighted by atomic mass is 10.1. The lowest BCUT2D eigenvalue weighted by Crippen LogP contribution is -2.26. The molecule has 1 N–H and O–H groups in total. The van der Waals surface area contributed by atoms with Crippen LogP contribution in [-0.4, -0.2) is 29.0 Å². The molecule has 5 nitrogen and oxygen atoms in total. The number of ether oxygens (including phenoxy) is 1. The summed E-state index contributed by atoms with van der Waals surface area (Å²) in [6.45, 7) is 0.361. The molecule has 0 unspecified atom stereocenters. The molecule has 3 heterocycles. The van der Waals surface area contributed by atoms with E-state index in [0.717, 1.165) is 4.88 Å². The van der Waals surface area contributed by atoms with Crippen molar-refractivity contribution in [3.05, 3.63) is 51.2 Å². The number of rotatable bonds is 5. The number of hydrogen-bond donors (Lipinski definition) is 1. The predicted molar refractivity (Wildman–Crippen MR) is 90.5 cm³/mol. The van der Waals surface area contributed by atoms with Gasteiger partial charge in [-0.15, -0.1) is 11.3 Å². The Morgan fingerprint density at radius 2 is 2.23 bits per heavy atom. The number of carbonyl (C=O) groups is 1. The topological polar surface area (TPSA) is 64.1 Å². The van der Waals surface area contributed by atoms with Crippen molar-refractivity contribution in [3.8, 4) is 0 Å². The summed E-state index contributed by atoms with van der Waals surface area (Å²) in [5.41, 5.74) is -0.561. The van der Waals surface area contributed by atoms with Crippen LogP contribution in [0.1, 0.15) is 27.7 Å². The summed E-state index contributed by atoms with van der Waals surface area (Å²) in [6.07, 6.45) is -1.05. The minimum atomic E-state index is -4.56. The molecular formula is C17H16F3N3O2S.